The lowest BCUT2D eigenvalue weighted by Gasteiger charge is -2.03. The zero-order chi connectivity index (χ0) is 14.7. The molecule has 1 aromatic carbocycles. The van der Waals surface area contributed by atoms with Gasteiger partial charge in [-0.2, -0.15) is 0 Å². The number of nitrogens with one attached hydrogen (secondary N) is 1. The van der Waals surface area contributed by atoms with E-state index < -0.39 is 0 Å². The van der Waals surface area contributed by atoms with Gasteiger partial charge in [0, 0.05) is 6.42 Å². The Labute approximate surface area is 127 Å². The number of fused-ring (bicyclic) bond motifs is 1. The molecule has 0 radical (unpaired) electrons. The molecule has 108 valence electrons. The average molecular weight is 299 g/mol. The predicted octanol–water partition coefficient (Wildman–Crippen LogP) is 3.29. The molecule has 0 fully saturated rings. The second-order valence-electron chi connectivity index (χ2n) is 5.30. The summed E-state index contributed by atoms with van der Waals surface area (Å²) in [7, 11) is 0. The molecule has 0 aliphatic rings. The maximum absolute atomic E-state index is 4.58. The first-order valence-corrected chi connectivity index (χ1v) is 7.79. The van der Waals surface area contributed by atoms with Gasteiger partial charge in [-0.1, -0.05) is 37.3 Å². The summed E-state index contributed by atoms with van der Waals surface area (Å²) in [5.74, 6) is 0.595. The van der Waals surface area contributed by atoms with Crippen LogP contribution < -0.4 is 5.32 Å². The lowest BCUT2D eigenvalue weighted by atomic mass is 10.1. The third kappa shape index (κ3) is 3.52. The highest BCUT2D eigenvalue weighted by atomic mass is 32.1. The molecule has 0 saturated carbocycles. The molecule has 3 rings (SSSR count). The van der Waals surface area contributed by atoms with Crippen molar-refractivity contribution in [2.75, 3.05) is 5.32 Å². The van der Waals surface area contributed by atoms with E-state index in [0.29, 0.717) is 12.5 Å². The van der Waals surface area contributed by atoms with Crippen molar-refractivity contribution in [2.24, 2.45) is 5.92 Å². The van der Waals surface area contributed by atoms with Crippen LogP contribution in [-0.4, -0.2) is 20.2 Å². The van der Waals surface area contributed by atoms with Crippen molar-refractivity contribution >= 4 is 27.5 Å². The number of hydrogen-bond donors (Lipinski definition) is 1. The van der Waals surface area contributed by atoms with Gasteiger partial charge in [0.2, 0.25) is 5.13 Å². The topological polar surface area (TPSA) is 63.6 Å². The fraction of sp³-hybridized carbons (Fsp3) is 0.333. The van der Waals surface area contributed by atoms with E-state index in [-0.39, 0.29) is 0 Å². The Hall–Kier alpha value is -2.08. The lowest BCUT2D eigenvalue weighted by Crippen LogP contribution is -2.02. The van der Waals surface area contributed by atoms with Gasteiger partial charge in [-0.05, 0) is 18.1 Å². The number of aromatic nitrogens is 4. The van der Waals surface area contributed by atoms with Crippen LogP contribution in [0, 0.1) is 5.92 Å². The van der Waals surface area contributed by atoms with E-state index >= 15 is 0 Å². The third-order valence-electron chi connectivity index (χ3n) is 2.97. The predicted molar refractivity (Wildman–Crippen MR) is 85.3 cm³/mol. The van der Waals surface area contributed by atoms with Gasteiger partial charge in [0.05, 0.1) is 29.5 Å². The fourth-order valence-electron chi connectivity index (χ4n) is 2.00. The summed E-state index contributed by atoms with van der Waals surface area (Å²) in [6.07, 6.45) is 2.76. The highest BCUT2D eigenvalue weighted by Crippen LogP contribution is 2.19. The van der Waals surface area contributed by atoms with Crippen molar-refractivity contribution in [3.63, 3.8) is 0 Å². The molecule has 1 N–H and O–H groups in total. The van der Waals surface area contributed by atoms with Crippen LogP contribution in [0.4, 0.5) is 5.13 Å². The Morgan fingerprint density at radius 2 is 1.95 bits per heavy atom. The number of nitrogens with zero attached hydrogens (tertiary/aromatic N) is 4. The van der Waals surface area contributed by atoms with Gasteiger partial charge in [-0.15, -0.1) is 10.2 Å². The second kappa shape index (κ2) is 6.13. The molecule has 21 heavy (non-hydrogen) atoms. The lowest BCUT2D eigenvalue weighted by molar-refractivity contribution is 0.640. The van der Waals surface area contributed by atoms with Crippen LogP contribution in [0.3, 0.4) is 0 Å². The van der Waals surface area contributed by atoms with E-state index in [1.165, 1.54) is 0 Å². The molecule has 0 aliphatic heterocycles. The van der Waals surface area contributed by atoms with Crippen LogP contribution in [0.15, 0.2) is 30.5 Å². The summed E-state index contributed by atoms with van der Waals surface area (Å²) in [5, 5.41) is 13.5. The molecule has 0 bridgehead atoms. The van der Waals surface area contributed by atoms with Gasteiger partial charge in [-0.3, -0.25) is 4.98 Å². The van der Waals surface area contributed by atoms with Crippen LogP contribution in [0.5, 0.6) is 0 Å². The van der Waals surface area contributed by atoms with Gasteiger partial charge >= 0.3 is 0 Å². The highest BCUT2D eigenvalue weighted by molar-refractivity contribution is 7.15. The summed E-state index contributed by atoms with van der Waals surface area (Å²) in [6, 6.07) is 7.86. The van der Waals surface area contributed by atoms with Gasteiger partial charge in [0.25, 0.3) is 0 Å². The summed E-state index contributed by atoms with van der Waals surface area (Å²) in [5.41, 5.74) is 2.72. The first kappa shape index (κ1) is 13.9. The molecule has 6 heteroatoms. The Bertz CT molecular complexity index is 738. The van der Waals surface area contributed by atoms with E-state index in [1.54, 1.807) is 17.5 Å². The highest BCUT2D eigenvalue weighted by Gasteiger charge is 2.06. The summed E-state index contributed by atoms with van der Waals surface area (Å²) < 4.78 is 0. The molecule has 2 aromatic heterocycles. The van der Waals surface area contributed by atoms with E-state index in [2.05, 4.69) is 39.3 Å². The minimum absolute atomic E-state index is 0.595. The van der Waals surface area contributed by atoms with Crippen molar-refractivity contribution < 1.29 is 0 Å². The smallest absolute Gasteiger partial charge is 0.205 e. The number of benzene rings is 1. The normalized spacial score (nSPS) is 11.2. The number of anilines is 1. The third-order valence-corrected chi connectivity index (χ3v) is 3.87. The van der Waals surface area contributed by atoms with Crippen LogP contribution >= 0.6 is 11.3 Å². The van der Waals surface area contributed by atoms with E-state index in [0.717, 1.165) is 33.3 Å². The molecule has 0 spiro atoms. The summed E-state index contributed by atoms with van der Waals surface area (Å²) >= 11 is 1.60. The maximum Gasteiger partial charge on any atom is 0.205 e. The largest absolute Gasteiger partial charge is 0.354 e. The standard InChI is InChI=1S/C15H17N5S/c1-10(2)7-14-19-20-15(21-14)17-9-11-8-16-12-5-3-4-6-13(12)18-11/h3-6,8,10H,7,9H2,1-2H3,(H,17,20). The maximum atomic E-state index is 4.58. The van der Waals surface area contributed by atoms with Gasteiger partial charge in [0.15, 0.2) is 0 Å². The Morgan fingerprint density at radius 3 is 2.76 bits per heavy atom. The molecule has 0 aliphatic carbocycles. The summed E-state index contributed by atoms with van der Waals surface area (Å²) in [4.78, 5) is 8.98. The van der Waals surface area contributed by atoms with Gasteiger partial charge in [0.1, 0.15) is 5.01 Å². The minimum atomic E-state index is 0.595. The number of rotatable bonds is 5. The molecule has 3 aromatic rings. The first-order valence-electron chi connectivity index (χ1n) is 6.97. The molecular formula is C15H17N5S. The van der Waals surface area contributed by atoms with Crippen molar-refractivity contribution in [1.29, 1.82) is 0 Å². The van der Waals surface area contributed by atoms with Gasteiger partial charge in [-0.25, -0.2) is 4.98 Å². The van der Waals surface area contributed by atoms with Crippen molar-refractivity contribution in [3.8, 4) is 0 Å². The average Bonchev–Trinajstić information content (AvgIpc) is 2.91. The molecule has 2 heterocycles. The molecular weight excluding hydrogens is 282 g/mol. The van der Waals surface area contributed by atoms with Crippen molar-refractivity contribution in [2.45, 2.75) is 26.8 Å². The monoisotopic (exact) mass is 299 g/mol. The van der Waals surface area contributed by atoms with Crippen LogP contribution in [0.1, 0.15) is 24.5 Å². The molecule has 0 saturated heterocycles. The van der Waals surface area contributed by atoms with E-state index in [9.17, 15) is 0 Å². The van der Waals surface area contributed by atoms with E-state index in [1.807, 2.05) is 24.3 Å². The molecule has 0 unspecified atom stereocenters. The molecule has 0 amide bonds. The number of hydrogen-bond acceptors (Lipinski definition) is 6. The molecule has 0 atom stereocenters. The molecule has 5 nitrogen and oxygen atoms in total. The minimum Gasteiger partial charge on any atom is -0.354 e. The van der Waals surface area contributed by atoms with Crippen molar-refractivity contribution in [3.05, 3.63) is 41.2 Å². The Morgan fingerprint density at radius 1 is 1.14 bits per heavy atom. The Balaban J connectivity index is 1.67. The Kier molecular flexibility index (Phi) is 4.06. The first-order chi connectivity index (χ1) is 10.2. The zero-order valence-electron chi connectivity index (χ0n) is 12.1. The van der Waals surface area contributed by atoms with Crippen LogP contribution in [-0.2, 0) is 13.0 Å². The quantitative estimate of drug-likeness (QED) is 0.783. The van der Waals surface area contributed by atoms with Crippen LogP contribution in [0.25, 0.3) is 11.0 Å². The van der Waals surface area contributed by atoms with Crippen LogP contribution in [0.2, 0.25) is 0 Å². The second-order valence-corrected chi connectivity index (χ2v) is 6.36. The zero-order valence-corrected chi connectivity index (χ0v) is 12.9. The summed E-state index contributed by atoms with van der Waals surface area (Å²) in [6.45, 7) is 4.96. The fourth-order valence-corrected chi connectivity index (χ4v) is 2.95. The SMILES string of the molecule is CC(C)Cc1nnc(NCc2cnc3ccccc3n2)s1. The number of para-hydroxylation sites is 2. The van der Waals surface area contributed by atoms with E-state index in [4.69, 9.17) is 0 Å². The van der Waals surface area contributed by atoms with Gasteiger partial charge < -0.3 is 5.32 Å². The van der Waals surface area contributed by atoms with Crippen molar-refractivity contribution in [1.82, 2.24) is 20.2 Å².